The molecule has 2 amide bonds. The fourth-order valence-corrected chi connectivity index (χ4v) is 3.59. The fraction of sp³-hybridized carbons (Fsp3) is 0.467. The molecule has 1 aromatic rings. The van der Waals surface area contributed by atoms with Gasteiger partial charge in [-0.05, 0) is 31.0 Å². The van der Waals surface area contributed by atoms with E-state index in [2.05, 4.69) is 10.6 Å². The van der Waals surface area contributed by atoms with E-state index in [1.165, 1.54) is 11.8 Å². The minimum atomic E-state index is -0.301. The number of amides is 2. The zero-order chi connectivity index (χ0) is 14.8. The lowest BCUT2D eigenvalue weighted by molar-refractivity contribution is -0.113. The molecule has 1 fully saturated rings. The van der Waals surface area contributed by atoms with Gasteiger partial charge in [-0.1, -0.05) is 6.42 Å². The highest BCUT2D eigenvalue weighted by atomic mass is 32.2. The maximum Gasteiger partial charge on any atom is 0.251 e. The van der Waals surface area contributed by atoms with Gasteiger partial charge in [0.25, 0.3) is 5.91 Å². The van der Waals surface area contributed by atoms with Gasteiger partial charge in [-0.15, -0.1) is 11.8 Å². The normalized spacial score (nSPS) is 24.3. The van der Waals surface area contributed by atoms with Crippen molar-refractivity contribution in [2.75, 3.05) is 17.6 Å². The number of fused-ring (bicyclic) bond motifs is 1. The number of anilines is 1. The number of benzene rings is 1. The molecule has 2 unspecified atom stereocenters. The number of aliphatic hydroxyl groups is 1. The molecule has 1 saturated carbocycles. The van der Waals surface area contributed by atoms with Crippen LogP contribution in [0.15, 0.2) is 23.1 Å². The first kappa shape index (κ1) is 14.4. The summed E-state index contributed by atoms with van der Waals surface area (Å²) in [6, 6.07) is 5.34. The van der Waals surface area contributed by atoms with Crippen molar-refractivity contribution in [3.05, 3.63) is 23.8 Å². The van der Waals surface area contributed by atoms with Gasteiger partial charge in [0.15, 0.2) is 0 Å². The maximum absolute atomic E-state index is 12.2. The van der Waals surface area contributed by atoms with Crippen molar-refractivity contribution in [3.63, 3.8) is 0 Å². The van der Waals surface area contributed by atoms with E-state index in [1.807, 2.05) is 6.07 Å². The molecule has 0 spiro atoms. The Kier molecular flexibility index (Phi) is 4.17. The van der Waals surface area contributed by atoms with Crippen molar-refractivity contribution in [2.45, 2.75) is 30.3 Å². The Morgan fingerprint density at radius 2 is 2.29 bits per heavy atom. The van der Waals surface area contributed by atoms with E-state index in [4.69, 9.17) is 0 Å². The van der Waals surface area contributed by atoms with E-state index < -0.39 is 0 Å². The van der Waals surface area contributed by atoms with Crippen LogP contribution in [0.3, 0.4) is 0 Å². The third kappa shape index (κ3) is 3.22. The predicted molar refractivity (Wildman–Crippen MR) is 81.5 cm³/mol. The second-order valence-electron chi connectivity index (χ2n) is 5.52. The molecule has 1 aliphatic carbocycles. The molecule has 112 valence electrons. The van der Waals surface area contributed by atoms with Crippen LogP contribution in [0.4, 0.5) is 5.69 Å². The lowest BCUT2D eigenvalue weighted by Crippen LogP contribution is -2.32. The number of aliphatic hydroxyl groups excluding tert-OH is 1. The quantitative estimate of drug-likeness (QED) is 0.793. The third-order valence-corrected chi connectivity index (χ3v) is 5.09. The number of nitrogens with one attached hydrogen (secondary N) is 2. The van der Waals surface area contributed by atoms with E-state index >= 15 is 0 Å². The molecule has 3 N–H and O–H groups in total. The molecule has 0 aromatic heterocycles. The molecule has 0 saturated heterocycles. The number of carbonyl (C=O) groups excluding carboxylic acids is 2. The average molecular weight is 306 g/mol. The van der Waals surface area contributed by atoms with Gasteiger partial charge in [0.05, 0.1) is 17.5 Å². The smallest absolute Gasteiger partial charge is 0.251 e. The number of hydrogen-bond donors (Lipinski definition) is 3. The van der Waals surface area contributed by atoms with Gasteiger partial charge in [-0.25, -0.2) is 0 Å². The second-order valence-corrected chi connectivity index (χ2v) is 6.53. The maximum atomic E-state index is 12.2. The first-order valence-corrected chi connectivity index (χ1v) is 8.15. The van der Waals surface area contributed by atoms with Gasteiger partial charge in [-0.2, -0.15) is 0 Å². The molecule has 1 aliphatic heterocycles. The number of thioether (sulfide) groups is 1. The number of hydrogen-bond acceptors (Lipinski definition) is 4. The fourth-order valence-electron chi connectivity index (χ4n) is 2.81. The highest BCUT2D eigenvalue weighted by Gasteiger charge is 2.25. The third-order valence-electron chi connectivity index (χ3n) is 4.02. The van der Waals surface area contributed by atoms with Crippen molar-refractivity contribution >= 4 is 29.3 Å². The Hall–Kier alpha value is -1.53. The summed E-state index contributed by atoms with van der Waals surface area (Å²) in [5, 5.41) is 15.4. The first-order valence-electron chi connectivity index (χ1n) is 7.16. The molecule has 0 radical (unpaired) electrons. The van der Waals surface area contributed by atoms with Gasteiger partial charge in [0.1, 0.15) is 0 Å². The zero-order valence-corrected chi connectivity index (χ0v) is 12.4. The van der Waals surface area contributed by atoms with Crippen LogP contribution in [0.25, 0.3) is 0 Å². The number of carbonyl (C=O) groups is 2. The zero-order valence-electron chi connectivity index (χ0n) is 11.6. The van der Waals surface area contributed by atoms with Crippen LogP contribution in [0.2, 0.25) is 0 Å². The van der Waals surface area contributed by atoms with E-state index in [0.717, 1.165) is 24.2 Å². The monoisotopic (exact) mass is 306 g/mol. The predicted octanol–water partition coefficient (Wildman–Crippen LogP) is 1.62. The van der Waals surface area contributed by atoms with Crippen LogP contribution < -0.4 is 10.6 Å². The van der Waals surface area contributed by atoms with Crippen LogP contribution in [0.1, 0.15) is 29.6 Å². The summed E-state index contributed by atoms with van der Waals surface area (Å²) in [4.78, 5) is 24.5. The molecule has 3 rings (SSSR count). The topological polar surface area (TPSA) is 78.4 Å². The van der Waals surface area contributed by atoms with Gasteiger partial charge >= 0.3 is 0 Å². The molecular weight excluding hydrogens is 288 g/mol. The Morgan fingerprint density at radius 1 is 1.43 bits per heavy atom. The highest BCUT2D eigenvalue weighted by Crippen LogP contribution is 2.32. The minimum Gasteiger partial charge on any atom is -0.393 e. The molecule has 21 heavy (non-hydrogen) atoms. The van der Waals surface area contributed by atoms with Gasteiger partial charge in [0.2, 0.25) is 5.91 Å². The summed E-state index contributed by atoms with van der Waals surface area (Å²) in [6.07, 6.45) is 2.50. The van der Waals surface area contributed by atoms with Crippen molar-refractivity contribution in [3.8, 4) is 0 Å². The Labute approximate surface area is 127 Å². The summed E-state index contributed by atoms with van der Waals surface area (Å²) >= 11 is 1.47. The van der Waals surface area contributed by atoms with Gasteiger partial charge < -0.3 is 15.7 Å². The van der Waals surface area contributed by atoms with E-state index in [0.29, 0.717) is 23.5 Å². The molecular formula is C15H18N2O3S. The summed E-state index contributed by atoms with van der Waals surface area (Å²) in [5.41, 5.74) is 1.23. The standard InChI is InChI=1S/C15H18N2O3S/c18-12-3-1-2-10(12)7-16-15(20)9-4-5-13-11(6-9)17-14(19)8-21-13/h4-6,10,12,18H,1-3,7-8H2,(H,16,20)(H,17,19). The van der Waals surface area contributed by atoms with Crippen molar-refractivity contribution in [1.29, 1.82) is 0 Å². The molecule has 0 bridgehead atoms. The Bertz CT molecular complexity index is 576. The second kappa shape index (κ2) is 6.07. The Morgan fingerprint density at radius 3 is 3.05 bits per heavy atom. The summed E-state index contributed by atoms with van der Waals surface area (Å²) < 4.78 is 0. The molecule has 5 nitrogen and oxygen atoms in total. The molecule has 2 atom stereocenters. The van der Waals surface area contributed by atoms with Crippen LogP contribution in [0.5, 0.6) is 0 Å². The van der Waals surface area contributed by atoms with Crippen LogP contribution >= 0.6 is 11.8 Å². The highest BCUT2D eigenvalue weighted by molar-refractivity contribution is 8.00. The number of rotatable bonds is 3. The van der Waals surface area contributed by atoms with Gasteiger partial charge in [-0.3, -0.25) is 9.59 Å². The van der Waals surface area contributed by atoms with E-state index in [9.17, 15) is 14.7 Å². The average Bonchev–Trinajstić information content (AvgIpc) is 2.89. The lowest BCUT2D eigenvalue weighted by Gasteiger charge is -2.18. The van der Waals surface area contributed by atoms with Crippen molar-refractivity contribution < 1.29 is 14.7 Å². The Balaban J connectivity index is 1.64. The van der Waals surface area contributed by atoms with Crippen LogP contribution in [0, 0.1) is 5.92 Å². The SMILES string of the molecule is O=C1CSc2ccc(C(=O)NCC3CCCC3O)cc2N1. The summed E-state index contributed by atoms with van der Waals surface area (Å²) in [5.74, 6) is 0.362. The molecule has 2 aliphatic rings. The molecule has 1 aromatic carbocycles. The first-order chi connectivity index (χ1) is 10.1. The largest absolute Gasteiger partial charge is 0.393 e. The van der Waals surface area contributed by atoms with E-state index in [-0.39, 0.29) is 23.8 Å². The minimum absolute atomic E-state index is 0.0425. The van der Waals surface area contributed by atoms with E-state index in [1.54, 1.807) is 12.1 Å². The molecule has 6 heteroatoms. The summed E-state index contributed by atoms with van der Waals surface area (Å²) in [7, 11) is 0. The summed E-state index contributed by atoms with van der Waals surface area (Å²) in [6.45, 7) is 0.498. The molecule has 1 heterocycles. The van der Waals surface area contributed by atoms with Crippen LogP contribution in [-0.4, -0.2) is 35.3 Å². The van der Waals surface area contributed by atoms with Crippen LogP contribution in [-0.2, 0) is 4.79 Å². The van der Waals surface area contributed by atoms with Gasteiger partial charge in [0, 0.05) is 22.9 Å². The lowest BCUT2D eigenvalue weighted by atomic mass is 10.1. The van der Waals surface area contributed by atoms with Crippen molar-refractivity contribution in [2.24, 2.45) is 5.92 Å². The van der Waals surface area contributed by atoms with Crippen molar-refractivity contribution in [1.82, 2.24) is 5.32 Å².